The maximum absolute atomic E-state index is 4.65. The molecule has 1 saturated carbocycles. The van der Waals surface area contributed by atoms with Gasteiger partial charge >= 0.3 is 0 Å². The molecule has 2 aromatic rings. The molecule has 156 valence electrons. The summed E-state index contributed by atoms with van der Waals surface area (Å²) in [6.45, 7) is 13.6. The van der Waals surface area contributed by atoms with E-state index in [4.69, 9.17) is 0 Å². The van der Waals surface area contributed by atoms with Crippen molar-refractivity contribution in [3.63, 3.8) is 0 Å². The standard InChI is InChI=1S/C31H32/c1-5-20(2)29-21(3)16-28-19-27(18-23-14-15-24-12-9-13-26(24)17-23)22(4)30(28)31(29)25-10-7-6-8-11-25/h6-8,10-11,14-18,30-31H,2,4-5,9,12-13,19H2,1,3H3/b27-18-. The van der Waals surface area contributed by atoms with Crippen molar-refractivity contribution in [2.75, 3.05) is 0 Å². The van der Waals surface area contributed by atoms with Gasteiger partial charge in [-0.2, -0.15) is 0 Å². The molecule has 2 unspecified atom stereocenters. The Morgan fingerprint density at radius 3 is 2.58 bits per heavy atom. The molecule has 2 aromatic carbocycles. The second-order valence-corrected chi connectivity index (χ2v) is 9.39. The second-order valence-electron chi connectivity index (χ2n) is 9.39. The van der Waals surface area contributed by atoms with Gasteiger partial charge in [-0.25, -0.2) is 0 Å². The number of fused-ring (bicyclic) bond motifs is 2. The van der Waals surface area contributed by atoms with Crippen LogP contribution in [0, 0.1) is 5.92 Å². The van der Waals surface area contributed by atoms with Crippen LogP contribution in [0.4, 0.5) is 0 Å². The van der Waals surface area contributed by atoms with E-state index in [1.165, 1.54) is 75.0 Å². The number of aryl methyl sites for hydroxylation is 2. The monoisotopic (exact) mass is 404 g/mol. The predicted octanol–water partition coefficient (Wildman–Crippen LogP) is 8.14. The molecule has 31 heavy (non-hydrogen) atoms. The lowest BCUT2D eigenvalue weighted by atomic mass is 9.69. The van der Waals surface area contributed by atoms with Gasteiger partial charge in [0.1, 0.15) is 0 Å². The lowest BCUT2D eigenvalue weighted by molar-refractivity contribution is 0.622. The Morgan fingerprint density at radius 1 is 1.03 bits per heavy atom. The Morgan fingerprint density at radius 2 is 1.81 bits per heavy atom. The summed E-state index contributed by atoms with van der Waals surface area (Å²) in [5.41, 5.74) is 14.0. The molecule has 0 aliphatic heterocycles. The van der Waals surface area contributed by atoms with Crippen molar-refractivity contribution in [1.29, 1.82) is 0 Å². The Labute approximate surface area is 187 Å². The van der Waals surface area contributed by atoms with Crippen LogP contribution >= 0.6 is 0 Å². The first-order valence-electron chi connectivity index (χ1n) is 11.7. The third-order valence-electron chi connectivity index (χ3n) is 7.48. The Bertz CT molecular complexity index is 1150. The van der Waals surface area contributed by atoms with E-state index in [1.807, 2.05) is 0 Å². The van der Waals surface area contributed by atoms with Gasteiger partial charge in [-0.3, -0.25) is 0 Å². The molecule has 0 bridgehead atoms. The summed E-state index contributed by atoms with van der Waals surface area (Å²) in [5, 5.41) is 0. The summed E-state index contributed by atoms with van der Waals surface area (Å²) in [6.07, 6.45) is 10.6. The summed E-state index contributed by atoms with van der Waals surface area (Å²) < 4.78 is 0. The molecule has 0 heteroatoms. The van der Waals surface area contributed by atoms with Crippen LogP contribution in [0.25, 0.3) is 6.08 Å². The molecule has 0 aromatic heterocycles. The quantitative estimate of drug-likeness (QED) is 0.482. The lowest BCUT2D eigenvalue weighted by Gasteiger charge is -2.34. The van der Waals surface area contributed by atoms with Crippen LogP contribution in [-0.4, -0.2) is 0 Å². The molecule has 0 saturated heterocycles. The zero-order valence-corrected chi connectivity index (χ0v) is 18.9. The third kappa shape index (κ3) is 3.49. The van der Waals surface area contributed by atoms with Gasteiger partial charge in [0.15, 0.2) is 0 Å². The molecular weight excluding hydrogens is 372 g/mol. The topological polar surface area (TPSA) is 0 Å². The number of hydrogen-bond donors (Lipinski definition) is 0. The van der Waals surface area contributed by atoms with Crippen molar-refractivity contribution in [2.45, 2.75) is 51.9 Å². The Kier molecular flexibility index (Phi) is 5.18. The molecule has 0 heterocycles. The van der Waals surface area contributed by atoms with Gasteiger partial charge in [0.25, 0.3) is 0 Å². The highest BCUT2D eigenvalue weighted by molar-refractivity contribution is 5.68. The number of hydrogen-bond acceptors (Lipinski definition) is 0. The first kappa shape index (κ1) is 20.1. The average molecular weight is 405 g/mol. The van der Waals surface area contributed by atoms with Crippen LogP contribution < -0.4 is 0 Å². The molecular formula is C31H32. The van der Waals surface area contributed by atoms with Crippen molar-refractivity contribution in [3.05, 3.63) is 123 Å². The van der Waals surface area contributed by atoms with Crippen LogP contribution in [0.1, 0.15) is 61.3 Å². The molecule has 0 amide bonds. The van der Waals surface area contributed by atoms with E-state index in [2.05, 4.69) is 87.7 Å². The smallest absolute Gasteiger partial charge is 0.0201 e. The maximum Gasteiger partial charge on any atom is 0.0201 e. The van der Waals surface area contributed by atoms with Crippen molar-refractivity contribution in [2.24, 2.45) is 5.92 Å². The number of rotatable bonds is 4. The minimum Gasteiger partial charge on any atom is -0.0955 e. The van der Waals surface area contributed by atoms with Gasteiger partial charge in [-0.15, -0.1) is 0 Å². The molecule has 0 N–H and O–H groups in total. The van der Waals surface area contributed by atoms with E-state index < -0.39 is 0 Å². The molecule has 0 nitrogen and oxygen atoms in total. The van der Waals surface area contributed by atoms with E-state index in [9.17, 15) is 0 Å². The molecule has 0 spiro atoms. The molecule has 3 aliphatic carbocycles. The lowest BCUT2D eigenvalue weighted by Crippen LogP contribution is -2.20. The summed E-state index contributed by atoms with van der Waals surface area (Å²) in [4.78, 5) is 0. The van der Waals surface area contributed by atoms with Gasteiger partial charge in [0.2, 0.25) is 0 Å². The third-order valence-corrected chi connectivity index (χ3v) is 7.48. The van der Waals surface area contributed by atoms with Gasteiger partial charge in [0.05, 0.1) is 0 Å². The fourth-order valence-electron chi connectivity index (χ4n) is 5.93. The summed E-state index contributed by atoms with van der Waals surface area (Å²) in [6, 6.07) is 18.0. The first-order valence-corrected chi connectivity index (χ1v) is 11.7. The predicted molar refractivity (Wildman–Crippen MR) is 133 cm³/mol. The SMILES string of the molecule is C=C(CC)C1=C(C)C=C2C/C(=C/c3ccc4c(c3)CCC4)C(=C)C2C1c1ccccc1. The maximum atomic E-state index is 4.65. The van der Waals surface area contributed by atoms with Gasteiger partial charge in [-0.1, -0.05) is 91.9 Å². The van der Waals surface area contributed by atoms with Crippen molar-refractivity contribution in [3.8, 4) is 0 Å². The highest BCUT2D eigenvalue weighted by Crippen LogP contribution is 2.54. The Hall–Kier alpha value is -2.86. The normalized spacial score (nSPS) is 23.7. The molecule has 2 atom stereocenters. The van der Waals surface area contributed by atoms with E-state index in [-0.39, 0.29) is 0 Å². The van der Waals surface area contributed by atoms with Crippen LogP contribution in [0.5, 0.6) is 0 Å². The zero-order valence-electron chi connectivity index (χ0n) is 18.9. The van der Waals surface area contributed by atoms with Gasteiger partial charge in [-0.05, 0) is 83.6 Å². The fourth-order valence-corrected chi connectivity index (χ4v) is 5.93. The van der Waals surface area contributed by atoms with Gasteiger partial charge in [0, 0.05) is 11.8 Å². The second kappa shape index (κ2) is 8.00. The van der Waals surface area contributed by atoms with Crippen LogP contribution in [0.15, 0.2) is 101 Å². The molecule has 1 fully saturated rings. The summed E-state index contributed by atoms with van der Waals surface area (Å²) in [5.74, 6) is 0.650. The van der Waals surface area contributed by atoms with Gasteiger partial charge < -0.3 is 0 Å². The number of allylic oxidation sites excluding steroid dienone is 7. The fraction of sp³-hybridized carbons (Fsp3) is 0.290. The Balaban J connectivity index is 1.56. The van der Waals surface area contributed by atoms with E-state index in [0.29, 0.717) is 11.8 Å². The molecule has 0 radical (unpaired) electrons. The first-order chi connectivity index (χ1) is 15.1. The minimum absolute atomic E-state index is 0.312. The highest BCUT2D eigenvalue weighted by Gasteiger charge is 2.40. The van der Waals surface area contributed by atoms with Crippen molar-refractivity contribution >= 4 is 6.08 Å². The summed E-state index contributed by atoms with van der Waals surface area (Å²) in [7, 11) is 0. The average Bonchev–Trinajstić information content (AvgIpc) is 3.37. The van der Waals surface area contributed by atoms with E-state index in [1.54, 1.807) is 0 Å². The minimum atomic E-state index is 0.312. The van der Waals surface area contributed by atoms with Crippen molar-refractivity contribution < 1.29 is 0 Å². The van der Waals surface area contributed by atoms with Crippen LogP contribution in [0.3, 0.4) is 0 Å². The van der Waals surface area contributed by atoms with E-state index in [0.717, 1.165) is 12.8 Å². The van der Waals surface area contributed by atoms with Crippen LogP contribution in [0.2, 0.25) is 0 Å². The number of benzene rings is 2. The highest BCUT2D eigenvalue weighted by atomic mass is 14.4. The molecule has 5 rings (SSSR count). The zero-order chi connectivity index (χ0) is 21.5. The largest absolute Gasteiger partial charge is 0.0955 e. The van der Waals surface area contributed by atoms with Crippen molar-refractivity contribution in [1.82, 2.24) is 0 Å². The summed E-state index contributed by atoms with van der Waals surface area (Å²) >= 11 is 0. The van der Waals surface area contributed by atoms with E-state index >= 15 is 0 Å². The molecule has 3 aliphatic rings. The van der Waals surface area contributed by atoms with Crippen LogP contribution in [-0.2, 0) is 12.8 Å².